The molecule has 0 radical (unpaired) electrons. The highest BCUT2D eigenvalue weighted by Crippen LogP contribution is 2.27. The van der Waals surface area contributed by atoms with E-state index >= 15 is 0 Å². The number of ether oxygens (including phenoxy) is 1. The summed E-state index contributed by atoms with van der Waals surface area (Å²) in [7, 11) is -3.69. The van der Waals surface area contributed by atoms with Crippen LogP contribution in [0.4, 0.5) is 10.5 Å². The molecule has 28 heavy (non-hydrogen) atoms. The van der Waals surface area contributed by atoms with Crippen molar-refractivity contribution >= 4 is 44.9 Å². The maximum absolute atomic E-state index is 12.8. The summed E-state index contributed by atoms with van der Waals surface area (Å²) in [6.07, 6.45) is 0. The predicted molar refractivity (Wildman–Crippen MR) is 108 cm³/mol. The molecule has 0 aromatic heterocycles. The Morgan fingerprint density at radius 2 is 1.79 bits per heavy atom. The van der Waals surface area contributed by atoms with E-state index < -0.39 is 16.1 Å². The molecule has 0 aliphatic carbocycles. The van der Waals surface area contributed by atoms with Crippen molar-refractivity contribution in [2.45, 2.75) is 11.4 Å². The Labute approximate surface area is 173 Å². The van der Waals surface area contributed by atoms with Crippen LogP contribution in [-0.2, 0) is 21.3 Å². The van der Waals surface area contributed by atoms with Gasteiger partial charge in [0.1, 0.15) is 0 Å². The zero-order chi connectivity index (χ0) is 20.1. The van der Waals surface area contributed by atoms with Gasteiger partial charge < -0.3 is 15.4 Å². The summed E-state index contributed by atoms with van der Waals surface area (Å²) in [6, 6.07) is 10.8. The fourth-order valence-electron chi connectivity index (χ4n) is 2.68. The van der Waals surface area contributed by atoms with E-state index in [0.29, 0.717) is 18.2 Å². The molecule has 1 heterocycles. The van der Waals surface area contributed by atoms with Gasteiger partial charge in [-0.15, -0.1) is 0 Å². The van der Waals surface area contributed by atoms with Crippen molar-refractivity contribution in [1.29, 1.82) is 0 Å². The predicted octanol–water partition coefficient (Wildman–Crippen LogP) is 3.34. The number of carbonyl (C=O) groups is 1. The number of amides is 2. The maximum Gasteiger partial charge on any atom is 0.319 e. The van der Waals surface area contributed by atoms with Crippen LogP contribution in [0.1, 0.15) is 5.56 Å². The van der Waals surface area contributed by atoms with Crippen molar-refractivity contribution in [2.24, 2.45) is 0 Å². The Morgan fingerprint density at radius 1 is 1.07 bits per heavy atom. The number of morpholine rings is 1. The standard InChI is InChI=1S/C18H19Cl2N3O4S/c19-15-4-2-1-3-13(15)12-21-18(24)22-17-11-14(5-6-16(17)20)28(25,26)23-7-9-27-10-8-23/h1-6,11H,7-10,12H2,(H2,21,22,24). The smallest absolute Gasteiger partial charge is 0.319 e. The number of urea groups is 1. The molecule has 0 unspecified atom stereocenters. The molecule has 2 amide bonds. The molecular weight excluding hydrogens is 425 g/mol. The first-order chi connectivity index (χ1) is 13.4. The van der Waals surface area contributed by atoms with Gasteiger partial charge in [0.25, 0.3) is 0 Å². The first-order valence-corrected chi connectivity index (χ1v) is 10.7. The highest BCUT2D eigenvalue weighted by atomic mass is 35.5. The molecule has 0 saturated carbocycles. The Kier molecular flexibility index (Phi) is 6.79. The average molecular weight is 444 g/mol. The number of anilines is 1. The normalized spacial score (nSPS) is 15.2. The van der Waals surface area contributed by atoms with Crippen LogP contribution < -0.4 is 10.6 Å². The molecule has 1 aliphatic heterocycles. The molecule has 10 heteroatoms. The van der Waals surface area contributed by atoms with E-state index in [9.17, 15) is 13.2 Å². The summed E-state index contributed by atoms with van der Waals surface area (Å²) in [5.74, 6) is 0. The lowest BCUT2D eigenvalue weighted by atomic mass is 10.2. The monoisotopic (exact) mass is 443 g/mol. The number of nitrogens with zero attached hydrogens (tertiary/aromatic N) is 1. The summed E-state index contributed by atoms with van der Waals surface area (Å²) >= 11 is 12.2. The van der Waals surface area contributed by atoms with Crippen molar-refractivity contribution in [1.82, 2.24) is 9.62 Å². The third kappa shape index (κ3) is 4.95. The minimum Gasteiger partial charge on any atom is -0.379 e. The van der Waals surface area contributed by atoms with Crippen LogP contribution in [0.25, 0.3) is 0 Å². The summed E-state index contributed by atoms with van der Waals surface area (Å²) in [5, 5.41) is 6.02. The van der Waals surface area contributed by atoms with Crippen LogP contribution in [0.5, 0.6) is 0 Å². The van der Waals surface area contributed by atoms with Gasteiger partial charge in [-0.05, 0) is 29.8 Å². The van der Waals surface area contributed by atoms with Crippen LogP contribution in [0.15, 0.2) is 47.4 Å². The number of sulfonamides is 1. The second kappa shape index (κ2) is 9.11. The summed E-state index contributed by atoms with van der Waals surface area (Å²) in [6.45, 7) is 1.48. The van der Waals surface area contributed by atoms with Crippen molar-refractivity contribution < 1.29 is 17.9 Å². The highest BCUT2D eigenvalue weighted by molar-refractivity contribution is 7.89. The Morgan fingerprint density at radius 3 is 2.50 bits per heavy atom. The van der Waals surface area contributed by atoms with Gasteiger partial charge in [-0.2, -0.15) is 4.31 Å². The second-order valence-corrected chi connectivity index (χ2v) is 8.81. The van der Waals surface area contributed by atoms with Gasteiger partial charge in [-0.1, -0.05) is 41.4 Å². The van der Waals surface area contributed by atoms with Crippen LogP contribution in [0.3, 0.4) is 0 Å². The van der Waals surface area contributed by atoms with Gasteiger partial charge in [0.05, 0.1) is 28.8 Å². The lowest BCUT2D eigenvalue weighted by Crippen LogP contribution is -2.40. The third-order valence-corrected chi connectivity index (χ3v) is 6.78. The number of carbonyl (C=O) groups excluding carboxylic acids is 1. The molecule has 0 bridgehead atoms. The van der Waals surface area contributed by atoms with E-state index in [1.54, 1.807) is 18.2 Å². The third-order valence-electron chi connectivity index (χ3n) is 4.19. The van der Waals surface area contributed by atoms with E-state index in [1.165, 1.54) is 22.5 Å². The fraction of sp³-hybridized carbons (Fsp3) is 0.278. The number of rotatable bonds is 5. The van der Waals surface area contributed by atoms with Gasteiger partial charge >= 0.3 is 6.03 Å². The van der Waals surface area contributed by atoms with Crippen LogP contribution in [0, 0.1) is 0 Å². The lowest BCUT2D eigenvalue weighted by molar-refractivity contribution is 0.0730. The quantitative estimate of drug-likeness (QED) is 0.741. The topological polar surface area (TPSA) is 87.7 Å². The number of hydrogen-bond acceptors (Lipinski definition) is 4. The molecule has 2 N–H and O–H groups in total. The molecule has 1 fully saturated rings. The fourth-order valence-corrected chi connectivity index (χ4v) is 4.48. The second-order valence-electron chi connectivity index (χ2n) is 6.06. The van der Waals surface area contributed by atoms with E-state index in [0.717, 1.165) is 5.56 Å². The van der Waals surface area contributed by atoms with E-state index in [-0.39, 0.29) is 35.2 Å². The molecule has 7 nitrogen and oxygen atoms in total. The largest absolute Gasteiger partial charge is 0.379 e. The first kappa shape index (κ1) is 20.9. The van der Waals surface area contributed by atoms with Crippen molar-refractivity contribution in [3.63, 3.8) is 0 Å². The number of nitrogens with one attached hydrogen (secondary N) is 2. The molecule has 2 aromatic rings. The van der Waals surface area contributed by atoms with Crippen LogP contribution in [0.2, 0.25) is 10.0 Å². The minimum atomic E-state index is -3.69. The molecular formula is C18H19Cl2N3O4S. The Bertz CT molecular complexity index is 963. The first-order valence-electron chi connectivity index (χ1n) is 8.53. The van der Waals surface area contributed by atoms with Crippen molar-refractivity contribution in [2.75, 3.05) is 31.6 Å². The summed E-state index contributed by atoms with van der Waals surface area (Å²) in [5.41, 5.74) is 0.960. The van der Waals surface area contributed by atoms with E-state index in [1.807, 2.05) is 6.07 Å². The van der Waals surface area contributed by atoms with Gasteiger partial charge in [0.15, 0.2) is 0 Å². The van der Waals surface area contributed by atoms with Crippen molar-refractivity contribution in [3.8, 4) is 0 Å². The van der Waals surface area contributed by atoms with Crippen LogP contribution in [-0.4, -0.2) is 45.1 Å². The SMILES string of the molecule is O=C(NCc1ccccc1Cl)Nc1cc(S(=O)(=O)N2CCOCC2)ccc1Cl. The molecule has 0 spiro atoms. The van der Waals surface area contributed by atoms with Gasteiger partial charge in [-0.25, -0.2) is 13.2 Å². The molecule has 1 aliphatic rings. The Balaban J connectivity index is 1.71. The average Bonchev–Trinajstić information content (AvgIpc) is 2.69. The zero-order valence-electron chi connectivity index (χ0n) is 14.8. The van der Waals surface area contributed by atoms with E-state index in [2.05, 4.69) is 10.6 Å². The van der Waals surface area contributed by atoms with E-state index in [4.69, 9.17) is 27.9 Å². The minimum absolute atomic E-state index is 0.0557. The number of hydrogen-bond donors (Lipinski definition) is 2. The molecule has 150 valence electrons. The van der Waals surface area contributed by atoms with Crippen LogP contribution >= 0.6 is 23.2 Å². The Hall–Kier alpha value is -1.84. The number of halogens is 2. The maximum atomic E-state index is 12.8. The van der Waals surface area contributed by atoms with Gasteiger partial charge in [-0.3, -0.25) is 0 Å². The highest BCUT2D eigenvalue weighted by Gasteiger charge is 2.27. The van der Waals surface area contributed by atoms with Gasteiger partial charge in [0, 0.05) is 24.7 Å². The van der Waals surface area contributed by atoms with Gasteiger partial charge in [0.2, 0.25) is 10.0 Å². The molecule has 2 aromatic carbocycles. The molecule has 3 rings (SSSR count). The summed E-state index contributed by atoms with van der Waals surface area (Å²) in [4.78, 5) is 12.3. The van der Waals surface area contributed by atoms with Crippen molar-refractivity contribution in [3.05, 3.63) is 58.1 Å². The lowest BCUT2D eigenvalue weighted by Gasteiger charge is -2.26. The number of benzene rings is 2. The molecule has 1 saturated heterocycles. The summed E-state index contributed by atoms with van der Waals surface area (Å²) < 4.78 is 32.1. The zero-order valence-corrected chi connectivity index (χ0v) is 17.1. The molecule has 0 atom stereocenters.